The van der Waals surface area contributed by atoms with Gasteiger partial charge in [-0.2, -0.15) is 0 Å². The zero-order valence-electron chi connectivity index (χ0n) is 13.4. The van der Waals surface area contributed by atoms with Crippen LogP contribution >= 0.6 is 0 Å². The molecule has 6 heteroatoms. The van der Waals surface area contributed by atoms with E-state index in [0.717, 1.165) is 32.1 Å². The molecular weight excluding hydrogens is 272 g/mol. The molecule has 1 unspecified atom stereocenters. The molecule has 0 bridgehead atoms. The summed E-state index contributed by atoms with van der Waals surface area (Å²) in [6.07, 6.45) is 4.61. The highest BCUT2D eigenvalue weighted by Gasteiger charge is 2.40. The van der Waals surface area contributed by atoms with E-state index in [4.69, 9.17) is 4.74 Å². The zero-order valence-corrected chi connectivity index (χ0v) is 13.4. The quantitative estimate of drug-likeness (QED) is 0.754. The van der Waals surface area contributed by atoms with Gasteiger partial charge in [0, 0.05) is 20.7 Å². The molecule has 6 nitrogen and oxygen atoms in total. The molecule has 21 heavy (non-hydrogen) atoms. The molecule has 122 valence electrons. The number of carbonyl (C=O) groups is 2. The third-order valence-electron chi connectivity index (χ3n) is 4.33. The van der Waals surface area contributed by atoms with E-state index in [9.17, 15) is 14.7 Å². The van der Waals surface area contributed by atoms with Gasteiger partial charge in [-0.15, -0.1) is 0 Å². The molecule has 0 radical (unpaired) electrons. The normalized spacial score (nSPS) is 18.8. The molecule has 1 aliphatic rings. The maximum atomic E-state index is 12.3. The number of nitrogens with zero attached hydrogens (tertiary/aromatic N) is 1. The van der Waals surface area contributed by atoms with E-state index < -0.39 is 11.5 Å². The lowest BCUT2D eigenvalue weighted by atomic mass is 9.78. The van der Waals surface area contributed by atoms with Crippen LogP contribution in [0.2, 0.25) is 0 Å². The van der Waals surface area contributed by atoms with Crippen molar-refractivity contribution in [3.8, 4) is 0 Å². The zero-order chi connectivity index (χ0) is 15.9. The SMILES string of the molecule is COCC(C)CNC(=O)N(C)C1(CC(=O)O)CCCCC1. The molecule has 0 aromatic carbocycles. The Labute approximate surface area is 126 Å². The van der Waals surface area contributed by atoms with Crippen LogP contribution in [-0.4, -0.2) is 54.9 Å². The average Bonchev–Trinajstić information content (AvgIpc) is 2.44. The lowest BCUT2D eigenvalue weighted by Gasteiger charge is -2.43. The number of carboxylic acids is 1. The number of urea groups is 1. The van der Waals surface area contributed by atoms with Gasteiger partial charge in [-0.05, 0) is 18.8 Å². The van der Waals surface area contributed by atoms with Crippen LogP contribution in [-0.2, 0) is 9.53 Å². The van der Waals surface area contributed by atoms with E-state index in [1.54, 1.807) is 19.1 Å². The Balaban J connectivity index is 2.64. The van der Waals surface area contributed by atoms with Gasteiger partial charge in [0.1, 0.15) is 0 Å². The van der Waals surface area contributed by atoms with Crippen molar-refractivity contribution in [2.45, 2.75) is 51.0 Å². The van der Waals surface area contributed by atoms with Gasteiger partial charge >= 0.3 is 12.0 Å². The number of carbonyl (C=O) groups excluding carboxylic acids is 1. The first-order valence-electron chi connectivity index (χ1n) is 7.63. The topological polar surface area (TPSA) is 78.9 Å². The van der Waals surface area contributed by atoms with Crippen molar-refractivity contribution < 1.29 is 19.4 Å². The van der Waals surface area contributed by atoms with Crippen LogP contribution < -0.4 is 5.32 Å². The molecule has 1 fully saturated rings. The van der Waals surface area contributed by atoms with Gasteiger partial charge in [-0.25, -0.2) is 4.79 Å². The predicted molar refractivity (Wildman–Crippen MR) is 80.3 cm³/mol. The molecule has 0 spiro atoms. The second-order valence-electron chi connectivity index (χ2n) is 6.16. The summed E-state index contributed by atoms with van der Waals surface area (Å²) in [6.45, 7) is 3.11. The predicted octanol–water partition coefficient (Wildman–Crippen LogP) is 2.09. The number of hydrogen-bond acceptors (Lipinski definition) is 3. The molecular formula is C15H28N2O4. The van der Waals surface area contributed by atoms with Crippen molar-refractivity contribution >= 4 is 12.0 Å². The van der Waals surface area contributed by atoms with Crippen LogP contribution in [0.3, 0.4) is 0 Å². The number of aliphatic carboxylic acids is 1. The highest BCUT2D eigenvalue weighted by atomic mass is 16.5. The summed E-state index contributed by atoms with van der Waals surface area (Å²) in [6, 6.07) is -0.193. The first-order valence-corrected chi connectivity index (χ1v) is 7.63. The fourth-order valence-electron chi connectivity index (χ4n) is 3.06. The number of nitrogens with one attached hydrogen (secondary N) is 1. The Morgan fingerprint density at radius 2 is 1.95 bits per heavy atom. The Kier molecular flexibility index (Phi) is 6.95. The lowest BCUT2D eigenvalue weighted by molar-refractivity contribution is -0.140. The number of methoxy groups -OCH3 is 1. The minimum atomic E-state index is -0.843. The number of hydrogen-bond donors (Lipinski definition) is 2. The van der Waals surface area contributed by atoms with Crippen molar-refractivity contribution in [2.75, 3.05) is 27.3 Å². The van der Waals surface area contributed by atoms with Crippen LogP contribution in [0, 0.1) is 5.92 Å². The van der Waals surface area contributed by atoms with Gasteiger partial charge < -0.3 is 20.1 Å². The third kappa shape index (κ3) is 5.19. The monoisotopic (exact) mass is 300 g/mol. The van der Waals surface area contributed by atoms with Gasteiger partial charge in [-0.1, -0.05) is 26.2 Å². The van der Waals surface area contributed by atoms with E-state index in [1.165, 1.54) is 0 Å². The fourth-order valence-corrected chi connectivity index (χ4v) is 3.06. The second kappa shape index (κ2) is 8.22. The molecule has 1 aliphatic carbocycles. The summed E-state index contributed by atoms with van der Waals surface area (Å²) in [5, 5.41) is 12.1. The summed E-state index contributed by atoms with van der Waals surface area (Å²) in [4.78, 5) is 25.1. The molecule has 2 N–H and O–H groups in total. The number of carboxylic acid groups (broad SMARTS) is 1. The standard InChI is InChI=1S/C15H28N2O4/c1-12(11-21-3)10-16-14(20)17(2)15(9-13(18)19)7-5-4-6-8-15/h12H,4-11H2,1-3H3,(H,16,20)(H,18,19). The molecule has 0 saturated heterocycles. The van der Waals surface area contributed by atoms with Crippen LogP contribution in [0.25, 0.3) is 0 Å². The Morgan fingerprint density at radius 3 is 2.48 bits per heavy atom. The average molecular weight is 300 g/mol. The van der Waals surface area contributed by atoms with E-state index >= 15 is 0 Å². The van der Waals surface area contributed by atoms with E-state index in [1.807, 2.05) is 6.92 Å². The van der Waals surface area contributed by atoms with Crippen LogP contribution in [0.5, 0.6) is 0 Å². The van der Waals surface area contributed by atoms with Crippen LogP contribution in [0.4, 0.5) is 4.79 Å². The number of amides is 2. The highest BCUT2D eigenvalue weighted by Crippen LogP contribution is 2.35. The molecule has 1 rings (SSSR count). The van der Waals surface area contributed by atoms with E-state index in [-0.39, 0.29) is 18.4 Å². The van der Waals surface area contributed by atoms with Gasteiger partial charge in [0.05, 0.1) is 18.6 Å². The van der Waals surface area contributed by atoms with Crippen molar-refractivity contribution in [1.29, 1.82) is 0 Å². The molecule has 2 amide bonds. The maximum Gasteiger partial charge on any atom is 0.317 e. The molecule has 0 heterocycles. The smallest absolute Gasteiger partial charge is 0.317 e. The molecule has 0 aliphatic heterocycles. The largest absolute Gasteiger partial charge is 0.481 e. The minimum absolute atomic E-state index is 0.0184. The first-order chi connectivity index (χ1) is 9.91. The van der Waals surface area contributed by atoms with Gasteiger partial charge in [-0.3, -0.25) is 4.79 Å². The summed E-state index contributed by atoms with van der Waals surface area (Å²) in [5.74, 6) is -0.613. The molecule has 0 aromatic heterocycles. The summed E-state index contributed by atoms with van der Waals surface area (Å²) < 4.78 is 5.04. The van der Waals surface area contributed by atoms with E-state index in [2.05, 4.69) is 5.32 Å². The summed E-state index contributed by atoms with van der Waals surface area (Å²) >= 11 is 0. The van der Waals surface area contributed by atoms with Crippen LogP contribution in [0.1, 0.15) is 45.4 Å². The Morgan fingerprint density at radius 1 is 1.33 bits per heavy atom. The summed E-state index contributed by atoms with van der Waals surface area (Å²) in [5.41, 5.74) is -0.543. The van der Waals surface area contributed by atoms with Gasteiger partial charge in [0.2, 0.25) is 0 Å². The molecule has 1 atom stereocenters. The summed E-state index contributed by atoms with van der Waals surface area (Å²) in [7, 11) is 3.35. The highest BCUT2D eigenvalue weighted by molar-refractivity contribution is 5.76. The van der Waals surface area contributed by atoms with Gasteiger partial charge in [0.25, 0.3) is 0 Å². The van der Waals surface area contributed by atoms with Crippen molar-refractivity contribution in [3.05, 3.63) is 0 Å². The lowest BCUT2D eigenvalue weighted by Crippen LogP contribution is -2.55. The third-order valence-corrected chi connectivity index (χ3v) is 4.33. The second-order valence-corrected chi connectivity index (χ2v) is 6.16. The van der Waals surface area contributed by atoms with Crippen molar-refractivity contribution in [1.82, 2.24) is 10.2 Å². The minimum Gasteiger partial charge on any atom is -0.481 e. The first kappa shape index (κ1) is 17.8. The fraction of sp³-hybridized carbons (Fsp3) is 0.867. The molecule has 1 saturated carbocycles. The van der Waals surface area contributed by atoms with Gasteiger partial charge in [0.15, 0.2) is 0 Å². The van der Waals surface area contributed by atoms with E-state index in [0.29, 0.717) is 13.2 Å². The van der Waals surface area contributed by atoms with Crippen molar-refractivity contribution in [2.24, 2.45) is 5.92 Å². The number of ether oxygens (including phenoxy) is 1. The number of rotatable bonds is 7. The Bertz CT molecular complexity index is 354. The Hall–Kier alpha value is -1.30. The van der Waals surface area contributed by atoms with Crippen molar-refractivity contribution in [3.63, 3.8) is 0 Å². The maximum absolute atomic E-state index is 12.3. The van der Waals surface area contributed by atoms with Crippen LogP contribution in [0.15, 0.2) is 0 Å². The molecule has 0 aromatic rings.